The molecule has 0 aliphatic rings. The lowest BCUT2D eigenvalue weighted by Crippen LogP contribution is -1.91. The normalized spacial score (nSPS) is 15.3. The third-order valence-electron chi connectivity index (χ3n) is 8.05. The lowest BCUT2D eigenvalue weighted by molar-refractivity contribution is 0.670. The first kappa shape index (κ1) is 15.5. The van der Waals surface area contributed by atoms with Gasteiger partial charge in [0.25, 0.3) is 0 Å². The van der Waals surface area contributed by atoms with Crippen LogP contribution < -0.4 is 0 Å². The Hall–Kier alpha value is -5.66. The first-order valence-electron chi connectivity index (χ1n) is 19.4. The van der Waals surface area contributed by atoms with Crippen molar-refractivity contribution in [3.05, 3.63) is 157 Å². The largest absolute Gasteiger partial charge is 0.455 e. The van der Waals surface area contributed by atoms with E-state index in [0.717, 1.165) is 43.4 Å². The van der Waals surface area contributed by atoms with E-state index >= 15 is 0 Å². The molecule has 0 aliphatic carbocycles. The quantitative estimate of drug-likeness (QED) is 0.197. The molecule has 0 atom stereocenters. The van der Waals surface area contributed by atoms with Crippen LogP contribution in [0.1, 0.15) is 15.1 Å². The van der Waals surface area contributed by atoms with E-state index in [1.165, 1.54) is 0 Å². The summed E-state index contributed by atoms with van der Waals surface area (Å²) in [4.78, 5) is 0. The molecular formula is C42H26O. The van der Waals surface area contributed by atoms with Gasteiger partial charge in [0.15, 0.2) is 0 Å². The molecule has 0 bridgehead atoms. The van der Waals surface area contributed by atoms with Crippen molar-refractivity contribution in [1.82, 2.24) is 0 Å². The van der Waals surface area contributed by atoms with Gasteiger partial charge in [0, 0.05) is 16.3 Å². The summed E-state index contributed by atoms with van der Waals surface area (Å²) < 4.78 is 103. The number of benzene rings is 8. The van der Waals surface area contributed by atoms with Crippen LogP contribution in [0.15, 0.2) is 162 Å². The maximum absolute atomic E-state index is 9.65. The molecule has 0 N–H and O–H groups in total. The molecule has 9 aromatic rings. The molecule has 0 unspecified atom stereocenters. The summed E-state index contributed by atoms with van der Waals surface area (Å²) in [6.07, 6.45) is 0. The molecule has 0 saturated carbocycles. The molecule has 1 nitrogen and oxygen atoms in total. The zero-order chi connectivity index (χ0) is 37.9. The molecular weight excluding hydrogens is 520 g/mol. The predicted octanol–water partition coefficient (Wildman–Crippen LogP) is 12.0. The minimum Gasteiger partial charge on any atom is -0.455 e. The first-order chi connectivity index (χ1) is 25.9. The van der Waals surface area contributed by atoms with Crippen molar-refractivity contribution in [3.8, 4) is 33.4 Å². The molecule has 0 fully saturated rings. The van der Waals surface area contributed by atoms with Gasteiger partial charge in [-0.3, -0.25) is 0 Å². The van der Waals surface area contributed by atoms with Crippen LogP contribution in [0.2, 0.25) is 0 Å². The van der Waals surface area contributed by atoms with Crippen molar-refractivity contribution in [1.29, 1.82) is 0 Å². The maximum atomic E-state index is 9.65. The van der Waals surface area contributed by atoms with E-state index in [4.69, 9.17) is 15.4 Å². The van der Waals surface area contributed by atoms with Gasteiger partial charge in [-0.2, -0.15) is 0 Å². The minimum atomic E-state index is -0.653. The molecule has 8 aromatic carbocycles. The topological polar surface area (TPSA) is 13.1 Å². The monoisotopic (exact) mass is 557 g/mol. The molecule has 43 heavy (non-hydrogen) atoms. The van der Waals surface area contributed by atoms with E-state index in [1.807, 2.05) is 66.7 Å². The Morgan fingerprint density at radius 1 is 0.419 bits per heavy atom. The molecule has 1 aromatic heterocycles. The van der Waals surface area contributed by atoms with Gasteiger partial charge in [-0.1, -0.05) is 145 Å². The van der Waals surface area contributed by atoms with Crippen LogP contribution in [0, 0.1) is 0 Å². The second-order valence-electron chi connectivity index (χ2n) is 10.4. The molecule has 1 heterocycles. The Kier molecular flexibility index (Phi) is 3.41. The zero-order valence-electron chi connectivity index (χ0n) is 33.6. The van der Waals surface area contributed by atoms with E-state index in [2.05, 4.69) is 24.3 Å². The highest BCUT2D eigenvalue weighted by atomic mass is 16.3. The van der Waals surface area contributed by atoms with Crippen molar-refractivity contribution in [2.75, 3.05) is 0 Å². The molecule has 1 heteroatoms. The summed E-state index contributed by atoms with van der Waals surface area (Å²) in [7, 11) is 0. The smallest absolute Gasteiger partial charge is 0.143 e. The van der Waals surface area contributed by atoms with Crippen LogP contribution in [0.4, 0.5) is 0 Å². The number of para-hydroxylation sites is 1. The van der Waals surface area contributed by atoms with Crippen LogP contribution in [0.3, 0.4) is 0 Å². The van der Waals surface area contributed by atoms with Crippen molar-refractivity contribution in [2.45, 2.75) is 0 Å². The Labute approximate surface area is 264 Å². The van der Waals surface area contributed by atoms with E-state index in [1.54, 1.807) is 0 Å². The summed E-state index contributed by atoms with van der Waals surface area (Å²) in [6.45, 7) is 0. The van der Waals surface area contributed by atoms with Gasteiger partial charge in [-0.15, -0.1) is 0 Å². The average molecular weight is 558 g/mol. The zero-order valence-corrected chi connectivity index (χ0v) is 22.6. The van der Waals surface area contributed by atoms with Crippen LogP contribution in [0.5, 0.6) is 0 Å². The highest BCUT2D eigenvalue weighted by molar-refractivity contribution is 6.24. The van der Waals surface area contributed by atoms with E-state index in [-0.39, 0.29) is 51.2 Å². The Bertz CT molecular complexity index is 3040. The summed E-state index contributed by atoms with van der Waals surface area (Å²) in [5.41, 5.74) is 1.47. The fourth-order valence-electron chi connectivity index (χ4n) is 6.22. The van der Waals surface area contributed by atoms with E-state index in [0.29, 0.717) is 5.56 Å². The minimum absolute atomic E-state index is 0.100. The van der Waals surface area contributed by atoms with Crippen molar-refractivity contribution < 1.29 is 19.5 Å². The summed E-state index contributed by atoms with van der Waals surface area (Å²) in [5, 5.41) is 5.10. The Morgan fingerprint density at radius 2 is 1.07 bits per heavy atom. The fourth-order valence-corrected chi connectivity index (χ4v) is 6.22. The molecule has 0 aliphatic heterocycles. The Morgan fingerprint density at radius 3 is 1.81 bits per heavy atom. The van der Waals surface area contributed by atoms with Crippen LogP contribution in [-0.2, 0) is 0 Å². The molecule has 0 amide bonds. The van der Waals surface area contributed by atoms with E-state index in [9.17, 15) is 4.11 Å². The summed E-state index contributed by atoms with van der Waals surface area (Å²) >= 11 is 0. The van der Waals surface area contributed by atoms with Crippen molar-refractivity contribution >= 4 is 54.3 Å². The standard InChI is InChI=1S/C42H26O/c1-2-12-28(13-3-1)31-21-11-23-38-32-25-24-29(26-39(32)43-42(31)38)40-34-17-6-8-19-36(34)41(37-20-9-7-18-35(37)40)33-22-10-15-27-14-4-5-16-30(27)33/h1-26H/i1D,2D,3D,11D,12D,13D,21D,23D,24D,25D,26D. The fraction of sp³-hybridized carbons (Fsp3) is 0. The highest BCUT2D eigenvalue weighted by Gasteiger charge is 2.19. The SMILES string of the molecule is [2H]c1c([2H])c([2H])c(-c2c([2H])c([2H])c([2H])c3c2oc2c([2H])c(-c4c5ccccc5c(-c5cccc6ccccc56)c5ccccc45)c([2H])c([2H])c23)c([2H])c1[2H]. The average Bonchev–Trinajstić information content (AvgIpc) is 3.59. The number of furan rings is 1. The lowest BCUT2D eigenvalue weighted by atomic mass is 9.84. The van der Waals surface area contributed by atoms with Crippen molar-refractivity contribution in [3.63, 3.8) is 0 Å². The molecule has 0 spiro atoms. The van der Waals surface area contributed by atoms with Crippen LogP contribution in [-0.4, -0.2) is 0 Å². The van der Waals surface area contributed by atoms with Gasteiger partial charge in [0.05, 0.1) is 15.1 Å². The van der Waals surface area contributed by atoms with Crippen molar-refractivity contribution in [2.24, 2.45) is 0 Å². The lowest BCUT2D eigenvalue weighted by Gasteiger charge is -2.18. The highest BCUT2D eigenvalue weighted by Crippen LogP contribution is 2.46. The van der Waals surface area contributed by atoms with Gasteiger partial charge >= 0.3 is 0 Å². The third kappa shape index (κ3) is 3.65. The summed E-state index contributed by atoms with van der Waals surface area (Å²) in [5.74, 6) is 0. The number of rotatable bonds is 3. The molecule has 0 saturated heterocycles. The van der Waals surface area contributed by atoms with Gasteiger partial charge < -0.3 is 4.42 Å². The second-order valence-corrected chi connectivity index (χ2v) is 10.4. The second kappa shape index (κ2) is 9.44. The van der Waals surface area contributed by atoms with Crippen LogP contribution >= 0.6 is 0 Å². The maximum Gasteiger partial charge on any atom is 0.143 e. The predicted molar refractivity (Wildman–Crippen MR) is 183 cm³/mol. The van der Waals surface area contributed by atoms with Gasteiger partial charge in [0.2, 0.25) is 0 Å². The first-order valence-corrected chi connectivity index (χ1v) is 13.9. The number of hydrogen-bond acceptors (Lipinski definition) is 1. The summed E-state index contributed by atoms with van der Waals surface area (Å²) in [6, 6.07) is 23.9. The van der Waals surface area contributed by atoms with Gasteiger partial charge in [-0.05, 0) is 72.2 Å². The third-order valence-corrected chi connectivity index (χ3v) is 8.05. The number of fused-ring (bicyclic) bond motifs is 6. The molecule has 0 radical (unpaired) electrons. The van der Waals surface area contributed by atoms with Crippen LogP contribution in [0.25, 0.3) is 87.6 Å². The van der Waals surface area contributed by atoms with Gasteiger partial charge in [-0.25, -0.2) is 0 Å². The molecule has 200 valence electrons. The van der Waals surface area contributed by atoms with Gasteiger partial charge in [0.1, 0.15) is 11.2 Å². The molecule has 9 rings (SSSR count). The number of hydrogen-bond donors (Lipinski definition) is 0. The Balaban J connectivity index is 1.44. The van der Waals surface area contributed by atoms with E-state index < -0.39 is 53.9 Å².